The second-order valence-corrected chi connectivity index (χ2v) is 6.68. The van der Waals surface area contributed by atoms with Crippen LogP contribution in [0, 0.1) is 5.21 Å². The van der Waals surface area contributed by atoms with Crippen LogP contribution in [0.4, 0.5) is 11.4 Å². The zero-order valence-corrected chi connectivity index (χ0v) is 12.6. The molecule has 0 aliphatic heterocycles. The van der Waals surface area contributed by atoms with Crippen molar-refractivity contribution >= 4 is 33.0 Å². The quantitative estimate of drug-likeness (QED) is 0.834. The molecule has 0 heterocycles. The van der Waals surface area contributed by atoms with Crippen LogP contribution in [0.2, 0.25) is 5.02 Å². The summed E-state index contributed by atoms with van der Waals surface area (Å²) >= 11 is 5.77. The molecule has 8 heteroatoms. The monoisotopic (exact) mass is 328 g/mol. The molecule has 0 saturated heterocycles. The van der Waals surface area contributed by atoms with E-state index in [9.17, 15) is 13.6 Å². The molecule has 2 rings (SSSR count). The maximum Gasteiger partial charge on any atom is 0.264 e. The van der Waals surface area contributed by atoms with Gasteiger partial charge in [0.1, 0.15) is 0 Å². The van der Waals surface area contributed by atoms with Gasteiger partial charge >= 0.3 is 0 Å². The first-order valence-electron chi connectivity index (χ1n) is 5.90. The summed E-state index contributed by atoms with van der Waals surface area (Å²) in [6.45, 7) is 0. The van der Waals surface area contributed by atoms with Crippen LogP contribution in [-0.2, 0) is 10.0 Å². The van der Waals surface area contributed by atoms with Gasteiger partial charge in [-0.15, -0.1) is 0 Å². The third-order valence-corrected chi connectivity index (χ3v) is 5.00. The molecule has 0 aromatic heterocycles. The maximum absolute atomic E-state index is 12.4. The van der Waals surface area contributed by atoms with Gasteiger partial charge in [0.15, 0.2) is 5.69 Å². The number of anilines is 1. The smallest absolute Gasteiger partial charge is 0.264 e. The highest BCUT2D eigenvalue weighted by Crippen LogP contribution is 2.23. The first-order chi connectivity index (χ1) is 9.82. The molecule has 0 spiro atoms. The molecule has 0 aliphatic carbocycles. The highest BCUT2D eigenvalue weighted by molar-refractivity contribution is 7.92. The van der Waals surface area contributed by atoms with E-state index in [1.807, 2.05) is 0 Å². The van der Waals surface area contributed by atoms with Gasteiger partial charge in [0, 0.05) is 24.2 Å². The Balaban J connectivity index is 2.34. The minimum absolute atomic E-state index is 0.0185. The largest absolute Gasteiger partial charge is 0.595 e. The molecule has 0 saturated carbocycles. The number of sulfonamides is 1. The molecule has 112 valence electrons. The fraction of sp³-hybridized carbons (Fsp3) is 0.0769. The number of quaternary nitrogens is 1. The normalized spacial score (nSPS) is 13.0. The molecule has 0 bridgehead atoms. The second kappa shape index (κ2) is 6.00. The lowest BCUT2D eigenvalue weighted by atomic mass is 10.3. The highest BCUT2D eigenvalue weighted by atomic mass is 35.5. The van der Waals surface area contributed by atoms with Gasteiger partial charge < -0.3 is 5.21 Å². The summed E-state index contributed by atoms with van der Waals surface area (Å²) in [5.74, 6) is 0. The molecule has 0 radical (unpaired) electrons. The van der Waals surface area contributed by atoms with E-state index in [4.69, 9.17) is 16.8 Å². The Morgan fingerprint density at radius 2 is 1.62 bits per heavy atom. The van der Waals surface area contributed by atoms with Crippen LogP contribution in [0.5, 0.6) is 0 Å². The lowest BCUT2D eigenvalue weighted by Gasteiger charge is -2.20. The molecule has 2 aromatic carbocycles. The number of benzene rings is 2. The Bertz CT molecular complexity index is 715. The van der Waals surface area contributed by atoms with E-state index in [-0.39, 0.29) is 10.6 Å². The Kier molecular flexibility index (Phi) is 4.50. The van der Waals surface area contributed by atoms with E-state index in [0.717, 1.165) is 4.31 Å². The first-order valence-corrected chi connectivity index (χ1v) is 7.72. The maximum atomic E-state index is 12.4. The Hall–Kier alpha value is -1.64. The van der Waals surface area contributed by atoms with E-state index < -0.39 is 15.2 Å². The van der Waals surface area contributed by atoms with Crippen LogP contribution in [-0.4, -0.2) is 20.7 Å². The van der Waals surface area contributed by atoms with Crippen LogP contribution in [0.1, 0.15) is 0 Å². The average Bonchev–Trinajstić information content (AvgIpc) is 2.47. The van der Waals surface area contributed by atoms with Crippen LogP contribution < -0.4 is 9.53 Å². The van der Waals surface area contributed by atoms with E-state index in [1.165, 1.54) is 31.3 Å². The average molecular weight is 329 g/mol. The van der Waals surface area contributed by atoms with Crippen molar-refractivity contribution in [3.63, 3.8) is 0 Å². The van der Waals surface area contributed by atoms with E-state index in [0.29, 0.717) is 10.7 Å². The topological polar surface area (TPSA) is 85.1 Å². The Labute approximate surface area is 127 Å². The summed E-state index contributed by atoms with van der Waals surface area (Å²) in [4.78, 5) is 0.0185. The Morgan fingerprint density at radius 1 is 1.10 bits per heavy atom. The van der Waals surface area contributed by atoms with Gasteiger partial charge in [0.05, 0.1) is 10.6 Å². The summed E-state index contributed by atoms with van der Waals surface area (Å²) in [6.07, 6.45) is 0. The van der Waals surface area contributed by atoms with Gasteiger partial charge in [0.25, 0.3) is 10.0 Å². The van der Waals surface area contributed by atoms with Crippen molar-refractivity contribution in [1.82, 2.24) is 0 Å². The number of nitrogens with one attached hydrogen (secondary N) is 1. The summed E-state index contributed by atoms with van der Waals surface area (Å²) in [5.41, 5.74) is 0.491. The highest BCUT2D eigenvalue weighted by Gasteiger charge is 2.21. The molecule has 0 amide bonds. The molecule has 2 N–H and O–H groups in total. The molecule has 0 fully saturated rings. The minimum atomic E-state index is -3.75. The number of rotatable bonds is 4. The van der Waals surface area contributed by atoms with Crippen LogP contribution in [0.25, 0.3) is 0 Å². The minimum Gasteiger partial charge on any atom is -0.595 e. The molecule has 21 heavy (non-hydrogen) atoms. The first kappa shape index (κ1) is 15.7. The SMILES string of the molecule is CN(c1ccc(Cl)cc1)S(=O)(=O)c1ccc([NH+]([O-])O)cc1. The van der Waals surface area contributed by atoms with Gasteiger partial charge in [-0.3, -0.25) is 4.31 Å². The summed E-state index contributed by atoms with van der Waals surface area (Å²) < 4.78 is 26.0. The van der Waals surface area contributed by atoms with Crippen molar-refractivity contribution in [2.45, 2.75) is 4.90 Å². The second-order valence-electron chi connectivity index (χ2n) is 4.28. The summed E-state index contributed by atoms with van der Waals surface area (Å²) in [5, 5.41) is 19.0. The lowest BCUT2D eigenvalue weighted by molar-refractivity contribution is -0.991. The molecule has 2 aromatic rings. The van der Waals surface area contributed by atoms with Crippen molar-refractivity contribution in [3.05, 3.63) is 58.8 Å². The van der Waals surface area contributed by atoms with E-state index >= 15 is 0 Å². The number of hydrogen-bond acceptors (Lipinski definition) is 4. The lowest BCUT2D eigenvalue weighted by Crippen LogP contribution is -2.99. The molecular formula is C13H13ClN2O4S. The van der Waals surface area contributed by atoms with Gasteiger partial charge in [0.2, 0.25) is 0 Å². The van der Waals surface area contributed by atoms with Crippen molar-refractivity contribution < 1.29 is 18.9 Å². The van der Waals surface area contributed by atoms with Crippen LogP contribution >= 0.6 is 11.6 Å². The summed E-state index contributed by atoms with van der Waals surface area (Å²) in [7, 11) is -2.33. The van der Waals surface area contributed by atoms with Gasteiger partial charge in [-0.2, -0.15) is 5.23 Å². The third kappa shape index (κ3) is 3.34. The fourth-order valence-electron chi connectivity index (χ4n) is 1.72. The van der Waals surface area contributed by atoms with E-state index in [2.05, 4.69) is 0 Å². The molecule has 1 atom stereocenters. The Morgan fingerprint density at radius 3 is 2.10 bits per heavy atom. The number of nitrogens with zero attached hydrogens (tertiary/aromatic N) is 1. The standard InChI is InChI=1S/C13H13ClN2O4S/c1-15(11-4-2-10(14)3-5-11)21(19,20)13-8-6-12(7-9-13)16(17)18/h2-9,16-17H,1H3. The van der Waals surface area contributed by atoms with Crippen molar-refractivity contribution in [2.75, 3.05) is 11.4 Å². The van der Waals surface area contributed by atoms with Gasteiger partial charge in [-0.25, -0.2) is 13.6 Å². The van der Waals surface area contributed by atoms with Crippen molar-refractivity contribution in [2.24, 2.45) is 0 Å². The predicted octanol–water partition coefficient (Wildman–Crippen LogP) is 1.57. The van der Waals surface area contributed by atoms with Crippen molar-refractivity contribution in [3.8, 4) is 0 Å². The number of halogens is 1. The van der Waals surface area contributed by atoms with Crippen molar-refractivity contribution in [1.29, 1.82) is 0 Å². The van der Waals surface area contributed by atoms with E-state index in [1.54, 1.807) is 24.3 Å². The van der Waals surface area contributed by atoms with Crippen LogP contribution in [0.3, 0.4) is 0 Å². The molecular weight excluding hydrogens is 316 g/mol. The van der Waals surface area contributed by atoms with Gasteiger partial charge in [-0.05, 0) is 36.4 Å². The molecule has 6 nitrogen and oxygen atoms in total. The molecule has 0 aliphatic rings. The third-order valence-electron chi connectivity index (χ3n) is 2.95. The zero-order valence-electron chi connectivity index (χ0n) is 11.0. The molecule has 1 unspecified atom stereocenters. The number of hydrogen-bond donors (Lipinski definition) is 2. The fourth-order valence-corrected chi connectivity index (χ4v) is 3.04. The van der Waals surface area contributed by atoms with Gasteiger partial charge in [-0.1, -0.05) is 11.6 Å². The van der Waals surface area contributed by atoms with Crippen LogP contribution in [0.15, 0.2) is 53.4 Å². The predicted molar refractivity (Wildman–Crippen MR) is 79.3 cm³/mol. The zero-order chi connectivity index (χ0) is 15.6. The summed E-state index contributed by atoms with van der Waals surface area (Å²) in [6, 6.07) is 11.4.